The molecule has 1 aromatic rings. The molecular weight excluding hydrogens is 156 g/mol. The van der Waals surface area contributed by atoms with Crippen molar-refractivity contribution in [2.24, 2.45) is 11.7 Å². The Hall–Kier alpha value is -0.410. The summed E-state index contributed by atoms with van der Waals surface area (Å²) < 4.78 is 0. The van der Waals surface area contributed by atoms with Crippen molar-refractivity contribution in [2.75, 3.05) is 0 Å². The largest absolute Gasteiger partial charge is 0.320 e. The van der Waals surface area contributed by atoms with Crippen molar-refractivity contribution in [3.63, 3.8) is 0 Å². The summed E-state index contributed by atoms with van der Waals surface area (Å²) in [6.07, 6.45) is 2.29. The van der Waals surface area contributed by atoms with Crippen molar-refractivity contribution >= 4 is 11.3 Å². The number of hydrogen-bond acceptors (Lipinski definition) is 3. The fourth-order valence-electron chi connectivity index (χ4n) is 1.61. The van der Waals surface area contributed by atoms with Gasteiger partial charge >= 0.3 is 0 Å². The van der Waals surface area contributed by atoms with E-state index in [-0.39, 0.29) is 5.54 Å². The van der Waals surface area contributed by atoms with E-state index in [1.54, 1.807) is 11.3 Å². The Morgan fingerprint density at radius 2 is 2.73 bits per heavy atom. The quantitative estimate of drug-likeness (QED) is 0.730. The van der Waals surface area contributed by atoms with Gasteiger partial charge in [0.05, 0.1) is 16.7 Å². The summed E-state index contributed by atoms with van der Waals surface area (Å²) in [5.74, 6) is 0.671. The summed E-state index contributed by atoms with van der Waals surface area (Å²) in [7, 11) is 0. The van der Waals surface area contributed by atoms with Crippen molar-refractivity contribution in [1.29, 1.82) is 0 Å². The van der Waals surface area contributed by atoms with Crippen LogP contribution in [-0.2, 0) is 5.54 Å². The van der Waals surface area contributed by atoms with E-state index in [0.717, 1.165) is 12.1 Å². The third-order valence-electron chi connectivity index (χ3n) is 2.55. The van der Waals surface area contributed by atoms with Crippen LogP contribution in [0, 0.1) is 5.92 Å². The number of hydrogen-bond donors (Lipinski definition) is 1. The lowest BCUT2D eigenvalue weighted by molar-refractivity contribution is 0.602. The summed E-state index contributed by atoms with van der Waals surface area (Å²) in [5.41, 5.74) is 9.00. The lowest BCUT2D eigenvalue weighted by Gasteiger charge is -2.05. The molecule has 0 amide bonds. The minimum absolute atomic E-state index is 0.0608. The Labute approximate surface area is 70.5 Å². The molecule has 2 atom stereocenters. The molecule has 1 aliphatic rings. The molecule has 3 heteroatoms. The number of rotatable bonds is 2. The van der Waals surface area contributed by atoms with E-state index in [1.807, 2.05) is 5.51 Å². The predicted molar refractivity (Wildman–Crippen MR) is 46.4 cm³/mol. The van der Waals surface area contributed by atoms with Crippen LogP contribution in [0.3, 0.4) is 0 Å². The Kier molecular flexibility index (Phi) is 1.51. The average Bonchev–Trinajstić information content (AvgIpc) is 2.55. The molecule has 1 fully saturated rings. The van der Waals surface area contributed by atoms with Crippen LogP contribution < -0.4 is 5.73 Å². The van der Waals surface area contributed by atoms with Gasteiger partial charge in [-0.2, -0.15) is 0 Å². The number of nitrogens with zero attached hydrogens (tertiary/aromatic N) is 1. The first kappa shape index (κ1) is 7.25. The molecular formula is C8H12N2S. The third-order valence-corrected chi connectivity index (χ3v) is 3.14. The Balaban J connectivity index is 2.19. The highest BCUT2D eigenvalue weighted by molar-refractivity contribution is 7.07. The van der Waals surface area contributed by atoms with Gasteiger partial charge in [0, 0.05) is 5.38 Å². The fraction of sp³-hybridized carbons (Fsp3) is 0.625. The lowest BCUT2D eigenvalue weighted by Crippen LogP contribution is -2.22. The third kappa shape index (κ3) is 0.993. The molecule has 11 heavy (non-hydrogen) atoms. The molecule has 1 aromatic heterocycles. The first-order chi connectivity index (χ1) is 5.27. The highest BCUT2D eigenvalue weighted by Gasteiger charge is 2.52. The highest BCUT2D eigenvalue weighted by Crippen LogP contribution is 2.50. The summed E-state index contributed by atoms with van der Waals surface area (Å²) in [5, 5.41) is 2.07. The van der Waals surface area contributed by atoms with Gasteiger partial charge in [-0.3, -0.25) is 0 Å². The van der Waals surface area contributed by atoms with Gasteiger partial charge in [-0.05, 0) is 12.3 Å². The van der Waals surface area contributed by atoms with Crippen molar-refractivity contribution in [2.45, 2.75) is 25.3 Å². The number of aromatic nitrogens is 1. The van der Waals surface area contributed by atoms with E-state index in [9.17, 15) is 0 Å². The van der Waals surface area contributed by atoms with E-state index in [1.165, 1.54) is 6.42 Å². The summed E-state index contributed by atoms with van der Waals surface area (Å²) in [6, 6.07) is 0. The van der Waals surface area contributed by atoms with Crippen molar-refractivity contribution < 1.29 is 0 Å². The molecule has 0 radical (unpaired) electrons. The van der Waals surface area contributed by atoms with Crippen molar-refractivity contribution in [1.82, 2.24) is 4.98 Å². The van der Waals surface area contributed by atoms with Gasteiger partial charge in [-0.1, -0.05) is 13.3 Å². The fourth-order valence-corrected chi connectivity index (χ4v) is 2.26. The van der Waals surface area contributed by atoms with Crippen LogP contribution >= 0.6 is 11.3 Å². The molecule has 1 saturated carbocycles. The zero-order chi connectivity index (χ0) is 7.90. The van der Waals surface area contributed by atoms with Crippen LogP contribution in [0.1, 0.15) is 25.5 Å². The monoisotopic (exact) mass is 168 g/mol. The summed E-state index contributed by atoms with van der Waals surface area (Å²) in [6.45, 7) is 2.19. The molecule has 1 heterocycles. The molecule has 2 unspecified atom stereocenters. The Morgan fingerprint density at radius 1 is 1.91 bits per heavy atom. The minimum atomic E-state index is -0.0608. The molecule has 2 nitrogen and oxygen atoms in total. The van der Waals surface area contributed by atoms with Crippen molar-refractivity contribution in [3.8, 4) is 0 Å². The topological polar surface area (TPSA) is 38.9 Å². The molecule has 0 spiro atoms. The minimum Gasteiger partial charge on any atom is -0.320 e. The summed E-state index contributed by atoms with van der Waals surface area (Å²) >= 11 is 1.63. The van der Waals surface area contributed by atoms with Gasteiger partial charge in [0.1, 0.15) is 0 Å². The van der Waals surface area contributed by atoms with Gasteiger partial charge in [0.2, 0.25) is 0 Å². The van der Waals surface area contributed by atoms with E-state index < -0.39 is 0 Å². The van der Waals surface area contributed by atoms with Gasteiger partial charge in [-0.25, -0.2) is 4.98 Å². The molecule has 2 rings (SSSR count). The second-order valence-electron chi connectivity index (χ2n) is 3.22. The maximum atomic E-state index is 6.11. The van der Waals surface area contributed by atoms with Gasteiger partial charge in [-0.15, -0.1) is 11.3 Å². The van der Waals surface area contributed by atoms with E-state index >= 15 is 0 Å². The second kappa shape index (κ2) is 2.29. The van der Waals surface area contributed by atoms with Crippen LogP contribution in [-0.4, -0.2) is 4.98 Å². The molecule has 2 N–H and O–H groups in total. The van der Waals surface area contributed by atoms with Gasteiger partial charge in [0.25, 0.3) is 0 Å². The van der Waals surface area contributed by atoms with E-state index in [2.05, 4.69) is 17.3 Å². The lowest BCUT2D eigenvalue weighted by atomic mass is 10.1. The zero-order valence-corrected chi connectivity index (χ0v) is 7.40. The smallest absolute Gasteiger partial charge is 0.0795 e. The summed E-state index contributed by atoms with van der Waals surface area (Å²) in [4.78, 5) is 4.24. The molecule has 0 aromatic carbocycles. The average molecular weight is 168 g/mol. The SMILES string of the molecule is CCC1CC1(N)c1cscn1. The normalized spacial score (nSPS) is 35.6. The predicted octanol–water partition coefficient (Wildman–Crippen LogP) is 1.73. The van der Waals surface area contributed by atoms with Crippen LogP contribution in [0.15, 0.2) is 10.9 Å². The first-order valence-electron chi connectivity index (χ1n) is 3.95. The number of nitrogens with two attached hydrogens (primary N) is 1. The zero-order valence-electron chi connectivity index (χ0n) is 6.58. The van der Waals surface area contributed by atoms with Crippen LogP contribution in [0.4, 0.5) is 0 Å². The van der Waals surface area contributed by atoms with Crippen LogP contribution in [0.5, 0.6) is 0 Å². The Bertz CT molecular complexity index is 245. The van der Waals surface area contributed by atoms with Crippen LogP contribution in [0.2, 0.25) is 0 Å². The standard InChI is InChI=1S/C8H12N2S/c1-2-6-3-8(6,9)7-4-11-5-10-7/h4-6H,2-3,9H2,1H3. The van der Waals surface area contributed by atoms with Gasteiger partial charge in [0.15, 0.2) is 0 Å². The molecule has 60 valence electrons. The molecule has 1 aliphatic carbocycles. The van der Waals surface area contributed by atoms with Crippen molar-refractivity contribution in [3.05, 3.63) is 16.6 Å². The van der Waals surface area contributed by atoms with Gasteiger partial charge < -0.3 is 5.73 Å². The maximum Gasteiger partial charge on any atom is 0.0795 e. The first-order valence-corrected chi connectivity index (χ1v) is 4.89. The Morgan fingerprint density at radius 3 is 3.18 bits per heavy atom. The molecule has 0 saturated heterocycles. The highest BCUT2D eigenvalue weighted by atomic mass is 32.1. The maximum absolute atomic E-state index is 6.11. The number of thiazole rings is 1. The molecule has 0 bridgehead atoms. The van der Waals surface area contributed by atoms with Crippen LogP contribution in [0.25, 0.3) is 0 Å². The molecule has 0 aliphatic heterocycles. The van der Waals surface area contributed by atoms with E-state index in [0.29, 0.717) is 5.92 Å². The second-order valence-corrected chi connectivity index (χ2v) is 3.94. The van der Waals surface area contributed by atoms with E-state index in [4.69, 9.17) is 5.73 Å².